The zero-order chi connectivity index (χ0) is 21.6. The normalized spacial score (nSPS) is 12.0. The first kappa shape index (κ1) is 20.3. The molecule has 0 saturated heterocycles. The minimum atomic E-state index is -4.52. The average Bonchev–Trinajstić information content (AvgIpc) is 3.30. The molecule has 2 aromatic heterocycles. The highest BCUT2D eigenvalue weighted by molar-refractivity contribution is 6.33. The van der Waals surface area contributed by atoms with Crippen LogP contribution in [0.3, 0.4) is 0 Å². The molecule has 0 bridgehead atoms. The predicted octanol–water partition coefficient (Wildman–Crippen LogP) is 6.54. The highest BCUT2D eigenvalue weighted by Crippen LogP contribution is 2.37. The molecule has 30 heavy (non-hydrogen) atoms. The van der Waals surface area contributed by atoms with Crippen LogP contribution in [0, 0.1) is 5.82 Å². The van der Waals surface area contributed by atoms with Gasteiger partial charge < -0.3 is 9.72 Å². The quantitative estimate of drug-likeness (QED) is 0.368. The molecule has 0 fully saturated rings. The minimum Gasteiger partial charge on any atom is -0.497 e. The van der Waals surface area contributed by atoms with Gasteiger partial charge in [-0.3, -0.25) is 4.68 Å². The van der Waals surface area contributed by atoms with Gasteiger partial charge in [0.2, 0.25) is 0 Å². The van der Waals surface area contributed by atoms with Crippen molar-refractivity contribution in [2.24, 2.45) is 0 Å². The maximum Gasteiger partial charge on any atom is 0.435 e. The number of alkyl halides is 3. The van der Waals surface area contributed by atoms with Gasteiger partial charge in [-0.05, 0) is 37.3 Å². The van der Waals surface area contributed by atoms with E-state index in [4.69, 9.17) is 16.3 Å². The molecule has 2 heterocycles. The van der Waals surface area contributed by atoms with Crippen LogP contribution in [0.5, 0.6) is 5.75 Å². The SMILES string of the molecule is CCn1nc(C(F)(F)F)cc1-c1ccc2[nH]c(-c3c(F)cc(OC)cc3Cl)cc2c1. The van der Waals surface area contributed by atoms with Crippen molar-refractivity contribution in [3.63, 3.8) is 0 Å². The number of fused-ring (bicyclic) bond motifs is 1. The van der Waals surface area contributed by atoms with Gasteiger partial charge in [0.05, 0.1) is 29.1 Å². The molecule has 156 valence electrons. The van der Waals surface area contributed by atoms with Crippen LogP contribution in [0.1, 0.15) is 12.6 Å². The Morgan fingerprint density at radius 3 is 2.53 bits per heavy atom. The van der Waals surface area contributed by atoms with E-state index in [0.29, 0.717) is 33.6 Å². The second kappa shape index (κ2) is 7.36. The molecule has 0 aliphatic heterocycles. The second-order valence-electron chi connectivity index (χ2n) is 6.68. The Morgan fingerprint density at radius 1 is 1.13 bits per heavy atom. The Balaban J connectivity index is 1.81. The minimum absolute atomic E-state index is 0.178. The Labute approximate surface area is 174 Å². The van der Waals surface area contributed by atoms with Gasteiger partial charge in [-0.2, -0.15) is 18.3 Å². The molecule has 2 aromatic carbocycles. The van der Waals surface area contributed by atoms with Crippen molar-refractivity contribution >= 4 is 22.5 Å². The van der Waals surface area contributed by atoms with E-state index in [2.05, 4.69) is 10.1 Å². The number of methoxy groups -OCH3 is 1. The standard InChI is InChI=1S/C21H16ClF4N3O/c1-3-29-18(10-19(28-29)21(24,25)26)11-4-5-16-12(6-11)7-17(27-16)20-14(22)8-13(30-2)9-15(20)23/h4-10,27H,3H2,1-2H3. The summed E-state index contributed by atoms with van der Waals surface area (Å²) in [5.41, 5.74) is 1.31. The van der Waals surface area contributed by atoms with E-state index in [1.807, 2.05) is 0 Å². The molecule has 0 atom stereocenters. The second-order valence-corrected chi connectivity index (χ2v) is 7.09. The van der Waals surface area contributed by atoms with Gasteiger partial charge in [-0.1, -0.05) is 17.7 Å². The zero-order valence-electron chi connectivity index (χ0n) is 15.9. The Kier molecular flexibility index (Phi) is 4.97. The van der Waals surface area contributed by atoms with Gasteiger partial charge in [0.25, 0.3) is 0 Å². The zero-order valence-corrected chi connectivity index (χ0v) is 16.7. The number of nitrogens with one attached hydrogen (secondary N) is 1. The molecule has 9 heteroatoms. The number of hydrogen-bond donors (Lipinski definition) is 1. The molecule has 0 aliphatic rings. The van der Waals surface area contributed by atoms with Gasteiger partial charge in [-0.15, -0.1) is 0 Å². The number of rotatable bonds is 4. The first-order chi connectivity index (χ1) is 14.2. The van der Waals surface area contributed by atoms with Crippen LogP contribution >= 0.6 is 11.6 Å². The summed E-state index contributed by atoms with van der Waals surface area (Å²) in [6.07, 6.45) is -4.52. The summed E-state index contributed by atoms with van der Waals surface area (Å²) in [5, 5.41) is 4.53. The molecule has 0 saturated carbocycles. The number of aromatic amines is 1. The van der Waals surface area contributed by atoms with Gasteiger partial charge in [0.1, 0.15) is 11.6 Å². The van der Waals surface area contributed by atoms with Crippen LogP contribution in [0.25, 0.3) is 33.4 Å². The lowest BCUT2D eigenvalue weighted by Crippen LogP contribution is -2.07. The smallest absolute Gasteiger partial charge is 0.435 e. The van der Waals surface area contributed by atoms with Gasteiger partial charge in [0.15, 0.2) is 5.69 Å². The molecule has 4 aromatic rings. The van der Waals surface area contributed by atoms with E-state index in [1.165, 1.54) is 23.9 Å². The van der Waals surface area contributed by atoms with Gasteiger partial charge in [-0.25, -0.2) is 4.39 Å². The van der Waals surface area contributed by atoms with Crippen LogP contribution < -0.4 is 4.74 Å². The highest BCUT2D eigenvalue weighted by atomic mass is 35.5. The van der Waals surface area contributed by atoms with E-state index in [-0.39, 0.29) is 17.1 Å². The largest absolute Gasteiger partial charge is 0.497 e. The summed E-state index contributed by atoms with van der Waals surface area (Å²) >= 11 is 6.23. The Morgan fingerprint density at radius 2 is 1.90 bits per heavy atom. The Hall–Kier alpha value is -3.00. The van der Waals surface area contributed by atoms with Crippen LogP contribution in [0.4, 0.5) is 17.6 Å². The third kappa shape index (κ3) is 3.52. The fourth-order valence-electron chi connectivity index (χ4n) is 3.38. The van der Waals surface area contributed by atoms with Crippen molar-refractivity contribution < 1.29 is 22.3 Å². The van der Waals surface area contributed by atoms with Crippen molar-refractivity contribution in [2.45, 2.75) is 19.6 Å². The monoisotopic (exact) mass is 437 g/mol. The highest BCUT2D eigenvalue weighted by Gasteiger charge is 2.35. The third-order valence-electron chi connectivity index (χ3n) is 4.81. The average molecular weight is 438 g/mol. The summed E-state index contributed by atoms with van der Waals surface area (Å²) in [5.74, 6) is -0.252. The molecular formula is C21H16ClF4N3O. The number of H-pyrrole nitrogens is 1. The van der Waals surface area contributed by atoms with Crippen molar-refractivity contribution in [3.8, 4) is 28.3 Å². The maximum absolute atomic E-state index is 14.6. The number of aryl methyl sites for hydroxylation is 1. The fraction of sp³-hybridized carbons (Fsp3) is 0.190. The molecule has 1 N–H and O–H groups in total. The number of hydrogen-bond acceptors (Lipinski definition) is 2. The van der Waals surface area contributed by atoms with Crippen molar-refractivity contribution in [2.75, 3.05) is 7.11 Å². The molecule has 0 spiro atoms. The number of halogens is 5. The molecule has 0 unspecified atom stereocenters. The van der Waals surface area contributed by atoms with Crippen molar-refractivity contribution in [3.05, 3.63) is 59.0 Å². The molecule has 0 radical (unpaired) electrons. The first-order valence-electron chi connectivity index (χ1n) is 9.03. The topological polar surface area (TPSA) is 42.8 Å². The number of benzene rings is 2. The number of nitrogens with zero attached hydrogens (tertiary/aromatic N) is 2. The molecule has 4 nitrogen and oxygen atoms in total. The van der Waals surface area contributed by atoms with Crippen LogP contribution in [-0.4, -0.2) is 21.9 Å². The number of ether oxygens (including phenoxy) is 1. The van der Waals surface area contributed by atoms with Gasteiger partial charge in [0, 0.05) is 29.1 Å². The molecule has 0 aliphatic carbocycles. The number of aromatic nitrogens is 3. The lowest BCUT2D eigenvalue weighted by atomic mass is 10.1. The summed E-state index contributed by atoms with van der Waals surface area (Å²) in [6, 6.07) is 10.6. The molecule has 0 amide bonds. The van der Waals surface area contributed by atoms with Crippen molar-refractivity contribution in [1.82, 2.24) is 14.8 Å². The summed E-state index contributed by atoms with van der Waals surface area (Å²) < 4.78 is 60.1. The molecule has 4 rings (SSSR count). The fourth-order valence-corrected chi connectivity index (χ4v) is 3.68. The summed E-state index contributed by atoms with van der Waals surface area (Å²) in [6.45, 7) is 2.01. The Bertz CT molecular complexity index is 1220. The predicted molar refractivity (Wildman–Crippen MR) is 107 cm³/mol. The third-order valence-corrected chi connectivity index (χ3v) is 5.11. The van der Waals surface area contributed by atoms with E-state index in [0.717, 1.165) is 6.07 Å². The lowest BCUT2D eigenvalue weighted by molar-refractivity contribution is -0.141. The first-order valence-corrected chi connectivity index (χ1v) is 9.40. The van der Waals surface area contributed by atoms with Gasteiger partial charge >= 0.3 is 6.18 Å². The van der Waals surface area contributed by atoms with Crippen LogP contribution in [0.2, 0.25) is 5.02 Å². The van der Waals surface area contributed by atoms with Crippen molar-refractivity contribution in [1.29, 1.82) is 0 Å². The molecular weight excluding hydrogens is 422 g/mol. The maximum atomic E-state index is 14.6. The summed E-state index contributed by atoms with van der Waals surface area (Å²) in [7, 11) is 1.42. The van der Waals surface area contributed by atoms with E-state index in [9.17, 15) is 17.6 Å². The van der Waals surface area contributed by atoms with E-state index in [1.54, 1.807) is 31.2 Å². The van der Waals surface area contributed by atoms with Crippen LogP contribution in [0.15, 0.2) is 42.5 Å². The van der Waals surface area contributed by atoms with E-state index >= 15 is 0 Å². The van der Waals surface area contributed by atoms with Crippen LogP contribution in [-0.2, 0) is 12.7 Å². The van der Waals surface area contributed by atoms with E-state index < -0.39 is 17.7 Å². The lowest BCUT2D eigenvalue weighted by Gasteiger charge is -2.06. The summed E-state index contributed by atoms with van der Waals surface area (Å²) in [4.78, 5) is 3.10.